The molecule has 3 heteroatoms. The molecule has 1 aliphatic carbocycles. The standard InChI is InChI=1S/C12H18O3/c1-2-3-4-5-12-13-9-6-10(14-12)8-11(7-9)15-12/h4-5,9-11H,2-3,6-8H2,1H3/b5-4+. The van der Waals surface area contributed by atoms with E-state index in [0.717, 1.165) is 32.1 Å². The molecular weight excluding hydrogens is 192 g/mol. The molecule has 1 saturated carbocycles. The van der Waals surface area contributed by atoms with Crippen molar-refractivity contribution >= 4 is 0 Å². The van der Waals surface area contributed by atoms with Gasteiger partial charge >= 0.3 is 5.97 Å². The first-order valence-corrected chi connectivity index (χ1v) is 6.01. The second kappa shape index (κ2) is 3.58. The lowest BCUT2D eigenvalue weighted by Gasteiger charge is -2.54. The van der Waals surface area contributed by atoms with Gasteiger partial charge in [0.1, 0.15) is 0 Å². The summed E-state index contributed by atoms with van der Waals surface area (Å²) in [6.45, 7) is 2.16. The van der Waals surface area contributed by atoms with E-state index in [4.69, 9.17) is 14.2 Å². The van der Waals surface area contributed by atoms with Gasteiger partial charge in [-0.2, -0.15) is 0 Å². The number of hydrogen-bond donors (Lipinski definition) is 0. The Labute approximate surface area is 90.4 Å². The third-order valence-electron chi connectivity index (χ3n) is 3.35. The SMILES string of the molecule is CCC/C=C/C12OC3CC(CC(C3)O1)O2. The maximum atomic E-state index is 5.83. The molecule has 4 bridgehead atoms. The predicted octanol–water partition coefficient (Wildman–Crippen LogP) is 2.36. The van der Waals surface area contributed by atoms with E-state index in [1.165, 1.54) is 0 Å². The fourth-order valence-electron chi connectivity index (χ4n) is 2.75. The van der Waals surface area contributed by atoms with Crippen LogP contribution in [0.4, 0.5) is 0 Å². The van der Waals surface area contributed by atoms with Gasteiger partial charge in [-0.25, -0.2) is 0 Å². The lowest BCUT2D eigenvalue weighted by Crippen LogP contribution is -2.61. The Hall–Kier alpha value is -0.380. The van der Waals surface area contributed by atoms with E-state index in [1.807, 2.05) is 6.08 Å². The van der Waals surface area contributed by atoms with E-state index in [9.17, 15) is 0 Å². The summed E-state index contributed by atoms with van der Waals surface area (Å²) in [5, 5.41) is 0. The van der Waals surface area contributed by atoms with Gasteiger partial charge in [0.25, 0.3) is 0 Å². The number of unbranched alkanes of at least 4 members (excludes halogenated alkanes) is 1. The number of rotatable bonds is 3. The van der Waals surface area contributed by atoms with Crippen LogP contribution in [0.1, 0.15) is 39.0 Å². The minimum Gasteiger partial charge on any atom is -0.320 e. The smallest absolute Gasteiger partial charge is 0.305 e. The Balaban J connectivity index is 1.75. The Morgan fingerprint density at radius 3 is 2.07 bits per heavy atom. The minimum atomic E-state index is -0.829. The zero-order chi connectivity index (χ0) is 10.3. The summed E-state index contributed by atoms with van der Waals surface area (Å²) in [7, 11) is 0. The molecule has 0 amide bonds. The topological polar surface area (TPSA) is 27.7 Å². The highest BCUT2D eigenvalue weighted by Crippen LogP contribution is 2.45. The van der Waals surface area contributed by atoms with E-state index < -0.39 is 5.97 Å². The number of hydrogen-bond acceptors (Lipinski definition) is 3. The van der Waals surface area contributed by atoms with Gasteiger partial charge in [-0.05, 0) is 6.42 Å². The molecule has 0 aromatic carbocycles. The molecule has 3 saturated heterocycles. The van der Waals surface area contributed by atoms with E-state index in [-0.39, 0.29) is 0 Å². The fraction of sp³-hybridized carbons (Fsp3) is 0.833. The van der Waals surface area contributed by atoms with Gasteiger partial charge in [-0.1, -0.05) is 19.4 Å². The molecule has 3 nitrogen and oxygen atoms in total. The number of allylic oxidation sites excluding steroid dienone is 1. The van der Waals surface area contributed by atoms with Crippen LogP contribution in [-0.2, 0) is 14.2 Å². The van der Waals surface area contributed by atoms with Crippen molar-refractivity contribution in [3.05, 3.63) is 12.2 Å². The summed E-state index contributed by atoms with van der Waals surface area (Å²) in [4.78, 5) is 0. The van der Waals surface area contributed by atoms with Gasteiger partial charge < -0.3 is 14.2 Å². The molecule has 0 N–H and O–H groups in total. The van der Waals surface area contributed by atoms with Gasteiger partial charge in [0.05, 0.1) is 18.3 Å². The van der Waals surface area contributed by atoms with Crippen LogP contribution in [0.3, 0.4) is 0 Å². The van der Waals surface area contributed by atoms with Gasteiger partial charge in [0.15, 0.2) is 0 Å². The second-order valence-corrected chi connectivity index (χ2v) is 4.72. The minimum absolute atomic E-state index is 0.350. The molecule has 15 heavy (non-hydrogen) atoms. The van der Waals surface area contributed by atoms with Crippen LogP contribution in [0.5, 0.6) is 0 Å². The van der Waals surface area contributed by atoms with Crippen LogP contribution in [0.2, 0.25) is 0 Å². The quantitative estimate of drug-likeness (QED) is 0.669. The molecule has 4 rings (SSSR count). The molecule has 3 aliphatic heterocycles. The van der Waals surface area contributed by atoms with Gasteiger partial charge in [0.2, 0.25) is 0 Å². The zero-order valence-corrected chi connectivity index (χ0v) is 9.15. The van der Waals surface area contributed by atoms with Crippen molar-refractivity contribution in [2.45, 2.75) is 63.3 Å². The molecule has 4 fully saturated rings. The zero-order valence-electron chi connectivity index (χ0n) is 9.15. The summed E-state index contributed by atoms with van der Waals surface area (Å²) >= 11 is 0. The lowest BCUT2D eigenvalue weighted by atomic mass is 9.89. The summed E-state index contributed by atoms with van der Waals surface area (Å²) in [5.41, 5.74) is 0. The molecule has 84 valence electrons. The Morgan fingerprint density at radius 1 is 1.07 bits per heavy atom. The Kier molecular flexibility index (Phi) is 2.34. The summed E-state index contributed by atoms with van der Waals surface area (Å²) in [6.07, 6.45) is 10.4. The molecule has 0 atom stereocenters. The second-order valence-electron chi connectivity index (χ2n) is 4.72. The van der Waals surface area contributed by atoms with E-state index in [2.05, 4.69) is 13.0 Å². The van der Waals surface area contributed by atoms with E-state index >= 15 is 0 Å². The van der Waals surface area contributed by atoms with Crippen LogP contribution >= 0.6 is 0 Å². The Morgan fingerprint density at radius 2 is 1.60 bits per heavy atom. The van der Waals surface area contributed by atoms with Crippen LogP contribution < -0.4 is 0 Å². The molecule has 3 heterocycles. The molecule has 4 aliphatic rings. The lowest BCUT2D eigenvalue weighted by molar-refractivity contribution is -0.470. The van der Waals surface area contributed by atoms with Crippen molar-refractivity contribution in [1.82, 2.24) is 0 Å². The van der Waals surface area contributed by atoms with Gasteiger partial charge in [0, 0.05) is 25.3 Å². The highest BCUT2D eigenvalue weighted by atomic mass is 16.9. The first kappa shape index (κ1) is 9.82. The van der Waals surface area contributed by atoms with Crippen LogP contribution in [0.15, 0.2) is 12.2 Å². The molecule has 0 unspecified atom stereocenters. The maximum absolute atomic E-state index is 5.83. The van der Waals surface area contributed by atoms with Crippen molar-refractivity contribution in [1.29, 1.82) is 0 Å². The predicted molar refractivity (Wildman–Crippen MR) is 55.2 cm³/mol. The van der Waals surface area contributed by atoms with Gasteiger partial charge in [-0.3, -0.25) is 0 Å². The highest BCUT2D eigenvalue weighted by Gasteiger charge is 2.53. The Bertz CT molecular complexity index is 237. The van der Waals surface area contributed by atoms with Crippen LogP contribution in [0.25, 0.3) is 0 Å². The van der Waals surface area contributed by atoms with Crippen LogP contribution in [0, 0.1) is 0 Å². The molecule has 0 spiro atoms. The fourth-order valence-corrected chi connectivity index (χ4v) is 2.75. The van der Waals surface area contributed by atoms with Crippen LogP contribution in [-0.4, -0.2) is 24.3 Å². The highest BCUT2D eigenvalue weighted by molar-refractivity contribution is 5.01. The average Bonchev–Trinajstić information content (AvgIpc) is 2.15. The van der Waals surface area contributed by atoms with Crippen molar-refractivity contribution in [2.75, 3.05) is 0 Å². The van der Waals surface area contributed by atoms with Crippen molar-refractivity contribution < 1.29 is 14.2 Å². The third-order valence-corrected chi connectivity index (χ3v) is 3.35. The summed E-state index contributed by atoms with van der Waals surface area (Å²) in [6, 6.07) is 0. The summed E-state index contributed by atoms with van der Waals surface area (Å²) in [5.74, 6) is -0.829. The molecule has 0 radical (unpaired) electrons. The normalized spacial score (nSPS) is 47.9. The summed E-state index contributed by atoms with van der Waals surface area (Å²) < 4.78 is 17.5. The largest absolute Gasteiger partial charge is 0.320 e. The maximum Gasteiger partial charge on any atom is 0.305 e. The first-order valence-electron chi connectivity index (χ1n) is 6.01. The molecular formula is C12H18O3. The molecule has 0 aromatic rings. The van der Waals surface area contributed by atoms with E-state index in [1.54, 1.807) is 0 Å². The monoisotopic (exact) mass is 210 g/mol. The third kappa shape index (κ3) is 1.73. The van der Waals surface area contributed by atoms with Crippen molar-refractivity contribution in [3.63, 3.8) is 0 Å². The van der Waals surface area contributed by atoms with Gasteiger partial charge in [-0.15, -0.1) is 0 Å². The average molecular weight is 210 g/mol. The first-order chi connectivity index (χ1) is 7.30. The van der Waals surface area contributed by atoms with E-state index in [0.29, 0.717) is 18.3 Å². The van der Waals surface area contributed by atoms with Crippen molar-refractivity contribution in [3.8, 4) is 0 Å². The number of ether oxygens (including phenoxy) is 3. The molecule has 0 aromatic heterocycles. The van der Waals surface area contributed by atoms with Crippen molar-refractivity contribution in [2.24, 2.45) is 0 Å².